The first kappa shape index (κ1) is 14.0. The summed E-state index contributed by atoms with van der Waals surface area (Å²) in [7, 11) is -3.58. The number of nitrogens with two attached hydrogens (primary N) is 1. The molecule has 1 unspecified atom stereocenters. The third-order valence-electron chi connectivity index (χ3n) is 2.53. The maximum Gasteiger partial charge on any atom is 0.241 e. The van der Waals surface area contributed by atoms with Gasteiger partial charge in [-0.05, 0) is 38.0 Å². The fourth-order valence-corrected chi connectivity index (χ4v) is 3.06. The molecular weight excluding hydrogens is 240 g/mol. The van der Waals surface area contributed by atoms with Crippen LogP contribution in [0.2, 0.25) is 0 Å². The molecule has 0 spiro atoms. The normalized spacial score (nSPS) is 13.6. The van der Waals surface area contributed by atoms with Gasteiger partial charge < -0.3 is 10.8 Å². The van der Waals surface area contributed by atoms with Gasteiger partial charge in [-0.1, -0.05) is 6.07 Å². The van der Waals surface area contributed by atoms with Crippen molar-refractivity contribution in [3.8, 4) is 0 Å². The van der Waals surface area contributed by atoms with E-state index in [-0.39, 0.29) is 17.5 Å². The molecule has 4 N–H and O–H groups in total. The highest BCUT2D eigenvalue weighted by Gasteiger charge is 2.19. The number of rotatable bonds is 5. The van der Waals surface area contributed by atoms with Gasteiger partial charge in [0.05, 0.1) is 4.90 Å². The van der Waals surface area contributed by atoms with Crippen molar-refractivity contribution >= 4 is 15.7 Å². The molecule has 0 saturated heterocycles. The summed E-state index contributed by atoms with van der Waals surface area (Å²) >= 11 is 0. The zero-order chi connectivity index (χ0) is 13.1. The molecule has 0 bridgehead atoms. The van der Waals surface area contributed by atoms with Gasteiger partial charge in [0.15, 0.2) is 0 Å². The van der Waals surface area contributed by atoms with E-state index in [1.807, 2.05) is 0 Å². The Morgan fingerprint density at radius 2 is 2.12 bits per heavy atom. The van der Waals surface area contributed by atoms with Gasteiger partial charge in [-0.3, -0.25) is 0 Å². The number of benzene rings is 1. The van der Waals surface area contributed by atoms with Crippen molar-refractivity contribution in [2.24, 2.45) is 0 Å². The minimum atomic E-state index is -3.58. The topological polar surface area (TPSA) is 92.4 Å². The Kier molecular flexibility index (Phi) is 4.50. The Hall–Kier alpha value is -1.11. The first-order valence-electron chi connectivity index (χ1n) is 5.36. The molecule has 0 radical (unpaired) electrons. The molecule has 0 saturated carbocycles. The van der Waals surface area contributed by atoms with Gasteiger partial charge in [-0.25, -0.2) is 13.1 Å². The molecule has 0 heterocycles. The van der Waals surface area contributed by atoms with Crippen molar-refractivity contribution in [2.45, 2.75) is 31.2 Å². The molecule has 0 aliphatic carbocycles. The highest BCUT2D eigenvalue weighted by Crippen LogP contribution is 2.20. The summed E-state index contributed by atoms with van der Waals surface area (Å²) < 4.78 is 26.6. The van der Waals surface area contributed by atoms with Gasteiger partial charge in [0.25, 0.3) is 0 Å². The monoisotopic (exact) mass is 258 g/mol. The lowest BCUT2D eigenvalue weighted by molar-refractivity contribution is 0.275. The van der Waals surface area contributed by atoms with E-state index >= 15 is 0 Å². The predicted octanol–water partition coefficient (Wildman–Crippen LogP) is 0.626. The van der Waals surface area contributed by atoms with E-state index in [0.29, 0.717) is 17.7 Å². The lowest BCUT2D eigenvalue weighted by Gasteiger charge is -2.15. The van der Waals surface area contributed by atoms with Crippen LogP contribution in [0.15, 0.2) is 23.1 Å². The molecule has 0 aromatic heterocycles. The zero-order valence-corrected chi connectivity index (χ0v) is 10.8. The number of anilines is 1. The van der Waals surface area contributed by atoms with Crippen molar-refractivity contribution in [2.75, 3.05) is 12.3 Å². The van der Waals surface area contributed by atoms with Gasteiger partial charge in [-0.15, -0.1) is 0 Å². The van der Waals surface area contributed by atoms with Crippen LogP contribution in [0, 0.1) is 6.92 Å². The van der Waals surface area contributed by atoms with Crippen LogP contribution in [0.5, 0.6) is 0 Å². The highest BCUT2D eigenvalue weighted by atomic mass is 32.2. The summed E-state index contributed by atoms with van der Waals surface area (Å²) in [5.41, 5.74) is 6.66. The molecule has 1 aromatic carbocycles. The summed E-state index contributed by atoms with van der Waals surface area (Å²) in [4.78, 5) is 0.183. The number of aliphatic hydroxyl groups excluding tert-OH is 1. The number of hydrogen-bond acceptors (Lipinski definition) is 4. The van der Waals surface area contributed by atoms with Crippen LogP contribution in [-0.4, -0.2) is 26.2 Å². The van der Waals surface area contributed by atoms with Crippen molar-refractivity contribution in [1.29, 1.82) is 0 Å². The second-order valence-corrected chi connectivity index (χ2v) is 5.69. The van der Waals surface area contributed by atoms with Gasteiger partial charge in [0.2, 0.25) is 10.0 Å². The Balaban J connectivity index is 3.02. The Morgan fingerprint density at radius 3 is 2.71 bits per heavy atom. The van der Waals surface area contributed by atoms with Crippen molar-refractivity contribution in [1.82, 2.24) is 4.72 Å². The maximum atomic E-state index is 12.0. The Morgan fingerprint density at radius 1 is 1.47 bits per heavy atom. The fraction of sp³-hybridized carbons (Fsp3) is 0.455. The smallest absolute Gasteiger partial charge is 0.241 e. The Bertz CT molecular complexity index is 485. The molecule has 1 atom stereocenters. The number of aliphatic hydroxyl groups is 1. The molecule has 1 aromatic rings. The highest BCUT2D eigenvalue weighted by molar-refractivity contribution is 7.89. The van der Waals surface area contributed by atoms with Crippen LogP contribution in [-0.2, 0) is 10.0 Å². The first-order valence-corrected chi connectivity index (χ1v) is 6.85. The van der Waals surface area contributed by atoms with E-state index in [0.717, 1.165) is 0 Å². The zero-order valence-electron chi connectivity index (χ0n) is 9.97. The van der Waals surface area contributed by atoms with E-state index in [1.54, 1.807) is 26.0 Å². The average Bonchev–Trinajstić information content (AvgIpc) is 2.21. The van der Waals surface area contributed by atoms with E-state index < -0.39 is 10.0 Å². The van der Waals surface area contributed by atoms with E-state index in [1.165, 1.54) is 6.07 Å². The standard InChI is InChI=1S/C11H18N2O3S/c1-8(6-7-14)13-17(15,16)11-5-3-4-10(12)9(11)2/h3-5,8,13-14H,6-7,12H2,1-2H3. The SMILES string of the molecule is Cc1c(N)cccc1S(=O)(=O)NC(C)CCO. The third-order valence-corrected chi connectivity index (χ3v) is 4.27. The van der Waals surface area contributed by atoms with Gasteiger partial charge in [-0.2, -0.15) is 0 Å². The quantitative estimate of drug-likeness (QED) is 0.675. The lowest BCUT2D eigenvalue weighted by Crippen LogP contribution is -2.33. The van der Waals surface area contributed by atoms with E-state index in [4.69, 9.17) is 10.8 Å². The van der Waals surface area contributed by atoms with Crippen molar-refractivity contribution in [3.05, 3.63) is 23.8 Å². The van der Waals surface area contributed by atoms with Crippen LogP contribution in [0.3, 0.4) is 0 Å². The van der Waals surface area contributed by atoms with Crippen molar-refractivity contribution in [3.63, 3.8) is 0 Å². The number of nitrogen functional groups attached to an aromatic ring is 1. The molecule has 1 rings (SSSR count). The van der Waals surface area contributed by atoms with Gasteiger partial charge in [0, 0.05) is 18.3 Å². The summed E-state index contributed by atoms with van der Waals surface area (Å²) in [6.07, 6.45) is 0.376. The molecule has 0 aliphatic heterocycles. The second-order valence-electron chi connectivity index (χ2n) is 4.00. The van der Waals surface area contributed by atoms with Gasteiger partial charge >= 0.3 is 0 Å². The molecule has 0 aliphatic rings. The second kappa shape index (κ2) is 5.48. The van der Waals surface area contributed by atoms with Crippen LogP contribution in [0.4, 0.5) is 5.69 Å². The summed E-state index contributed by atoms with van der Waals surface area (Å²) in [5.74, 6) is 0. The number of sulfonamides is 1. The minimum Gasteiger partial charge on any atom is -0.398 e. The minimum absolute atomic E-state index is 0.0560. The summed E-state index contributed by atoms with van der Waals surface area (Å²) in [6, 6.07) is 4.46. The Labute approximate surface area is 102 Å². The molecule has 0 fully saturated rings. The first-order chi connectivity index (χ1) is 7.88. The van der Waals surface area contributed by atoms with Crippen LogP contribution >= 0.6 is 0 Å². The molecule has 0 amide bonds. The number of hydrogen-bond donors (Lipinski definition) is 3. The maximum absolute atomic E-state index is 12.0. The van der Waals surface area contributed by atoms with E-state index in [9.17, 15) is 8.42 Å². The van der Waals surface area contributed by atoms with E-state index in [2.05, 4.69) is 4.72 Å². The largest absolute Gasteiger partial charge is 0.398 e. The van der Waals surface area contributed by atoms with Crippen LogP contribution < -0.4 is 10.5 Å². The summed E-state index contributed by atoms with van der Waals surface area (Å²) in [5, 5.41) is 8.75. The molecule has 5 nitrogen and oxygen atoms in total. The van der Waals surface area contributed by atoms with Gasteiger partial charge in [0.1, 0.15) is 0 Å². The fourth-order valence-electron chi connectivity index (χ4n) is 1.50. The van der Waals surface area contributed by atoms with Crippen molar-refractivity contribution < 1.29 is 13.5 Å². The lowest BCUT2D eigenvalue weighted by atomic mass is 10.2. The summed E-state index contributed by atoms with van der Waals surface area (Å²) in [6.45, 7) is 3.32. The van der Waals surface area contributed by atoms with Crippen LogP contribution in [0.1, 0.15) is 18.9 Å². The number of nitrogens with one attached hydrogen (secondary N) is 1. The molecular formula is C11H18N2O3S. The average molecular weight is 258 g/mol. The molecule has 96 valence electrons. The van der Waals surface area contributed by atoms with Crippen LogP contribution in [0.25, 0.3) is 0 Å². The molecule has 17 heavy (non-hydrogen) atoms. The third kappa shape index (κ3) is 3.42. The molecule has 6 heteroatoms. The predicted molar refractivity (Wildman–Crippen MR) is 67.1 cm³/mol.